The van der Waals surface area contributed by atoms with Crippen LogP contribution in [0.25, 0.3) is 11.3 Å². The summed E-state index contributed by atoms with van der Waals surface area (Å²) >= 11 is 6.50. The van der Waals surface area contributed by atoms with E-state index in [2.05, 4.69) is 24.0 Å². The maximum Gasteiger partial charge on any atom is 1.00 e. The van der Waals surface area contributed by atoms with Gasteiger partial charge in [0.15, 0.2) is 0 Å². The molecule has 0 saturated heterocycles. The van der Waals surface area contributed by atoms with Crippen molar-refractivity contribution in [1.29, 1.82) is 0 Å². The normalized spacial score (nSPS) is 9.50. The van der Waals surface area contributed by atoms with E-state index < -0.39 is 0 Å². The van der Waals surface area contributed by atoms with Gasteiger partial charge in [0.1, 0.15) is 0 Å². The third-order valence-corrected chi connectivity index (χ3v) is 2.92. The molecule has 0 aliphatic rings. The number of nitrogens with zero attached hydrogens (tertiary/aromatic N) is 1. The van der Waals surface area contributed by atoms with E-state index in [1.165, 1.54) is 22.5 Å². The molecular formula is C10H8KNS2. The summed E-state index contributed by atoms with van der Waals surface area (Å²) in [6.07, 6.45) is 0. The van der Waals surface area contributed by atoms with Crippen LogP contribution >= 0.6 is 11.3 Å². The third kappa shape index (κ3) is 2.85. The van der Waals surface area contributed by atoms with E-state index in [9.17, 15) is 0 Å². The Balaban J connectivity index is 0.000000980. The van der Waals surface area contributed by atoms with Gasteiger partial charge in [0.2, 0.25) is 0 Å². The molecule has 66 valence electrons. The quantitative estimate of drug-likeness (QED) is 0.519. The van der Waals surface area contributed by atoms with Crippen LogP contribution in [0.15, 0.2) is 34.0 Å². The van der Waals surface area contributed by atoms with Crippen LogP contribution < -0.4 is 51.4 Å². The predicted molar refractivity (Wildman–Crippen MR) is 57.9 cm³/mol. The zero-order valence-corrected chi connectivity index (χ0v) is 12.9. The number of rotatable bonds is 1. The number of hydrogen-bond donors (Lipinski definition) is 0. The van der Waals surface area contributed by atoms with E-state index in [-0.39, 0.29) is 51.4 Å². The number of aryl methyl sites for hydroxylation is 1. The van der Waals surface area contributed by atoms with E-state index in [0.29, 0.717) is 4.34 Å². The van der Waals surface area contributed by atoms with Crippen LogP contribution in [-0.2, 0) is 12.6 Å². The summed E-state index contributed by atoms with van der Waals surface area (Å²) in [6.45, 7) is 2.08. The Morgan fingerprint density at radius 2 is 2.00 bits per heavy atom. The summed E-state index contributed by atoms with van der Waals surface area (Å²) in [5.41, 5.74) is 3.41. The van der Waals surface area contributed by atoms with Crippen molar-refractivity contribution in [2.75, 3.05) is 0 Å². The monoisotopic (exact) mass is 245 g/mol. The van der Waals surface area contributed by atoms with Gasteiger partial charge >= 0.3 is 51.4 Å². The number of hydrogen-bond acceptors (Lipinski definition) is 3. The fourth-order valence-electron chi connectivity index (χ4n) is 1.24. The minimum Gasteiger partial charge on any atom is -0.408 e. The molecule has 2 aromatic rings. The molecule has 0 saturated carbocycles. The molecule has 4 heteroatoms. The van der Waals surface area contributed by atoms with E-state index in [4.69, 9.17) is 12.6 Å². The van der Waals surface area contributed by atoms with E-state index in [1.54, 1.807) is 0 Å². The second-order valence-electron chi connectivity index (χ2n) is 2.81. The zero-order valence-electron chi connectivity index (χ0n) is 8.15. The van der Waals surface area contributed by atoms with Gasteiger partial charge in [-0.25, -0.2) is 0 Å². The molecule has 0 atom stereocenters. The molecule has 0 unspecified atom stereocenters. The maximum atomic E-state index is 4.98. The van der Waals surface area contributed by atoms with Crippen molar-refractivity contribution in [1.82, 2.24) is 4.98 Å². The minimum absolute atomic E-state index is 0. The molecule has 0 fully saturated rings. The predicted octanol–water partition coefficient (Wildman–Crippen LogP) is 0.0283. The largest absolute Gasteiger partial charge is 1.00 e. The van der Waals surface area contributed by atoms with E-state index >= 15 is 0 Å². The third-order valence-electron chi connectivity index (χ3n) is 1.90. The molecule has 0 aliphatic carbocycles. The van der Waals surface area contributed by atoms with Crippen LogP contribution in [0.4, 0.5) is 0 Å². The first kappa shape index (κ1) is 12.8. The van der Waals surface area contributed by atoms with Crippen LogP contribution in [-0.4, -0.2) is 4.98 Å². The summed E-state index contributed by atoms with van der Waals surface area (Å²) in [7, 11) is 0. The summed E-state index contributed by atoms with van der Waals surface area (Å²) in [5, 5.41) is 2.00. The van der Waals surface area contributed by atoms with Gasteiger partial charge in [-0.05, 0) is 16.8 Å². The van der Waals surface area contributed by atoms with E-state index in [1.807, 2.05) is 17.5 Å². The summed E-state index contributed by atoms with van der Waals surface area (Å²) < 4.78 is 0.707. The Kier molecular flexibility index (Phi) is 5.20. The number of benzene rings is 1. The summed E-state index contributed by atoms with van der Waals surface area (Å²) in [5.74, 6) is 0. The molecule has 14 heavy (non-hydrogen) atoms. The average Bonchev–Trinajstić information content (AvgIpc) is 2.53. The van der Waals surface area contributed by atoms with Crippen molar-refractivity contribution in [2.24, 2.45) is 0 Å². The van der Waals surface area contributed by atoms with Crippen molar-refractivity contribution in [2.45, 2.75) is 11.3 Å². The molecule has 0 bridgehead atoms. The Bertz CT molecular complexity index is 426. The fourth-order valence-corrected chi connectivity index (χ4v) is 2.03. The van der Waals surface area contributed by atoms with Crippen molar-refractivity contribution in [3.63, 3.8) is 0 Å². The molecule has 0 N–H and O–H groups in total. The Labute approximate surface area is 136 Å². The summed E-state index contributed by atoms with van der Waals surface area (Å²) in [6, 6.07) is 8.20. The molecule has 0 radical (unpaired) electrons. The molecule has 1 aromatic carbocycles. The van der Waals surface area contributed by atoms with Gasteiger partial charge < -0.3 is 24.0 Å². The maximum absolute atomic E-state index is 4.98. The molecule has 0 amide bonds. The first-order valence-corrected chi connectivity index (χ1v) is 5.25. The van der Waals surface area contributed by atoms with Gasteiger partial charge in [0.05, 0.1) is 5.69 Å². The van der Waals surface area contributed by atoms with Crippen molar-refractivity contribution in [3.05, 3.63) is 35.2 Å². The SMILES string of the molecule is Cc1ccccc1-c1csc([S-])n1.[K+]. The van der Waals surface area contributed by atoms with Crippen LogP contribution in [0, 0.1) is 6.92 Å². The minimum atomic E-state index is 0. The number of thiazole rings is 1. The van der Waals surface area contributed by atoms with Gasteiger partial charge in [0, 0.05) is 5.56 Å². The van der Waals surface area contributed by atoms with Crippen LogP contribution in [0.3, 0.4) is 0 Å². The topological polar surface area (TPSA) is 12.9 Å². The van der Waals surface area contributed by atoms with Crippen molar-refractivity contribution in [3.8, 4) is 11.3 Å². The second kappa shape index (κ2) is 5.70. The standard InChI is InChI=1S/C10H9NS2.K/c1-7-4-2-3-5-8(7)9-6-13-10(12)11-9;/h2-6H,1H3,(H,11,12);/q;+1/p-1. The smallest absolute Gasteiger partial charge is 0.408 e. The van der Waals surface area contributed by atoms with Crippen LogP contribution in [0.1, 0.15) is 5.56 Å². The summed E-state index contributed by atoms with van der Waals surface area (Å²) in [4.78, 5) is 4.28. The average molecular weight is 245 g/mol. The molecule has 0 aliphatic heterocycles. The molecule has 0 spiro atoms. The Morgan fingerprint density at radius 3 is 2.57 bits per heavy atom. The van der Waals surface area contributed by atoms with Crippen molar-refractivity contribution < 1.29 is 51.4 Å². The first-order chi connectivity index (χ1) is 6.27. The first-order valence-electron chi connectivity index (χ1n) is 3.96. The van der Waals surface area contributed by atoms with Gasteiger partial charge in [0.25, 0.3) is 0 Å². The van der Waals surface area contributed by atoms with Gasteiger partial charge in [-0.1, -0.05) is 29.6 Å². The van der Waals surface area contributed by atoms with E-state index in [0.717, 1.165) is 5.69 Å². The zero-order chi connectivity index (χ0) is 9.26. The molecule has 1 aromatic heterocycles. The molecular weight excluding hydrogens is 237 g/mol. The molecule has 1 nitrogen and oxygen atoms in total. The molecule has 1 heterocycles. The van der Waals surface area contributed by atoms with Crippen molar-refractivity contribution >= 4 is 24.0 Å². The van der Waals surface area contributed by atoms with Gasteiger partial charge in [-0.3, -0.25) is 4.98 Å². The van der Waals surface area contributed by atoms with Gasteiger partial charge in [-0.15, -0.1) is 0 Å². The number of aromatic nitrogens is 1. The van der Waals surface area contributed by atoms with Crippen LogP contribution in [0.2, 0.25) is 0 Å². The van der Waals surface area contributed by atoms with Gasteiger partial charge in [-0.2, -0.15) is 0 Å². The second-order valence-corrected chi connectivity index (χ2v) is 4.32. The van der Waals surface area contributed by atoms with Crippen LogP contribution in [0.5, 0.6) is 0 Å². The molecule has 2 rings (SSSR count). The fraction of sp³-hybridized carbons (Fsp3) is 0.100. The Hall–Kier alpha value is 0.706. The Morgan fingerprint density at radius 1 is 1.29 bits per heavy atom.